The van der Waals surface area contributed by atoms with Gasteiger partial charge in [-0.1, -0.05) is 11.6 Å². The fraction of sp³-hybridized carbons (Fsp3) is 0.875. The summed E-state index contributed by atoms with van der Waals surface area (Å²) in [5.74, 6) is 0. The molecule has 1 saturated heterocycles. The SMILES string of the molecule is O=C(N[C@H]1C(O)O[C@H](CO)[C@@H](O)[C@@H]1O)OCCl. The third-order valence-electron chi connectivity index (χ3n) is 2.37. The van der Waals surface area contributed by atoms with E-state index in [2.05, 4.69) is 10.1 Å². The van der Waals surface area contributed by atoms with Crippen LogP contribution in [-0.4, -0.2) is 69.8 Å². The minimum atomic E-state index is -1.58. The van der Waals surface area contributed by atoms with Crippen molar-refractivity contribution in [3.8, 4) is 0 Å². The number of alkyl carbamates (subject to hydrolysis) is 1. The van der Waals surface area contributed by atoms with Crippen LogP contribution in [0, 0.1) is 0 Å². The highest BCUT2D eigenvalue weighted by Gasteiger charge is 2.44. The lowest BCUT2D eigenvalue weighted by Crippen LogP contribution is -2.64. The molecule has 5 N–H and O–H groups in total. The summed E-state index contributed by atoms with van der Waals surface area (Å²) in [5, 5.41) is 39.5. The first-order chi connectivity index (χ1) is 8.01. The molecule has 1 aliphatic rings. The van der Waals surface area contributed by atoms with Crippen molar-refractivity contribution in [3.05, 3.63) is 0 Å². The second kappa shape index (κ2) is 6.34. The van der Waals surface area contributed by atoms with E-state index in [0.717, 1.165) is 0 Å². The van der Waals surface area contributed by atoms with Gasteiger partial charge in [-0.2, -0.15) is 0 Å². The van der Waals surface area contributed by atoms with E-state index in [1.807, 2.05) is 0 Å². The van der Waals surface area contributed by atoms with Crippen LogP contribution in [0.5, 0.6) is 0 Å². The van der Waals surface area contributed by atoms with E-state index in [9.17, 15) is 20.1 Å². The number of hydrogen-bond acceptors (Lipinski definition) is 7. The highest BCUT2D eigenvalue weighted by Crippen LogP contribution is 2.19. The number of aliphatic hydroxyl groups is 4. The highest BCUT2D eigenvalue weighted by molar-refractivity contribution is 6.17. The molecule has 8 nitrogen and oxygen atoms in total. The van der Waals surface area contributed by atoms with Gasteiger partial charge in [0.05, 0.1) is 6.61 Å². The van der Waals surface area contributed by atoms with Gasteiger partial charge in [-0.3, -0.25) is 0 Å². The van der Waals surface area contributed by atoms with Crippen LogP contribution in [0.4, 0.5) is 4.79 Å². The maximum absolute atomic E-state index is 11.0. The van der Waals surface area contributed by atoms with Gasteiger partial charge in [0.2, 0.25) is 0 Å². The number of nitrogens with one attached hydrogen (secondary N) is 1. The predicted molar refractivity (Wildman–Crippen MR) is 54.1 cm³/mol. The topological polar surface area (TPSA) is 128 Å². The number of hydrogen-bond donors (Lipinski definition) is 5. The first kappa shape index (κ1) is 14.4. The van der Waals surface area contributed by atoms with Crippen molar-refractivity contribution >= 4 is 17.7 Å². The summed E-state index contributed by atoms with van der Waals surface area (Å²) < 4.78 is 9.14. The molecular weight excluding hydrogens is 258 g/mol. The van der Waals surface area contributed by atoms with Gasteiger partial charge in [0.25, 0.3) is 0 Å². The Labute approximate surface area is 102 Å². The molecule has 1 unspecified atom stereocenters. The van der Waals surface area contributed by atoms with Gasteiger partial charge < -0.3 is 35.2 Å². The lowest BCUT2D eigenvalue weighted by Gasteiger charge is -2.39. The molecule has 0 aromatic rings. The van der Waals surface area contributed by atoms with Crippen LogP contribution in [0.3, 0.4) is 0 Å². The van der Waals surface area contributed by atoms with Crippen LogP contribution in [0.15, 0.2) is 0 Å². The van der Waals surface area contributed by atoms with Gasteiger partial charge in [-0.05, 0) is 0 Å². The van der Waals surface area contributed by atoms with Gasteiger partial charge in [0.1, 0.15) is 24.4 Å². The van der Waals surface area contributed by atoms with Crippen molar-refractivity contribution in [1.29, 1.82) is 0 Å². The van der Waals surface area contributed by atoms with E-state index < -0.39 is 49.4 Å². The number of rotatable bonds is 3. The Morgan fingerprint density at radius 2 is 2.00 bits per heavy atom. The molecule has 17 heavy (non-hydrogen) atoms. The van der Waals surface area contributed by atoms with Gasteiger partial charge in [-0.25, -0.2) is 4.79 Å². The van der Waals surface area contributed by atoms with E-state index in [1.54, 1.807) is 0 Å². The summed E-state index contributed by atoms with van der Waals surface area (Å²) in [5.41, 5.74) is 0. The summed E-state index contributed by atoms with van der Waals surface area (Å²) in [6.07, 6.45) is -6.61. The number of halogens is 1. The number of alkyl halides is 1. The summed E-state index contributed by atoms with van der Waals surface area (Å²) in [7, 11) is 0. The molecule has 1 rings (SSSR count). The lowest BCUT2D eigenvalue weighted by molar-refractivity contribution is -0.253. The van der Waals surface area contributed by atoms with Gasteiger partial charge in [0, 0.05) is 0 Å². The zero-order chi connectivity index (χ0) is 13.0. The van der Waals surface area contributed by atoms with Gasteiger partial charge in [-0.15, -0.1) is 0 Å². The van der Waals surface area contributed by atoms with Crippen molar-refractivity contribution in [2.24, 2.45) is 0 Å². The summed E-state index contributed by atoms with van der Waals surface area (Å²) >= 11 is 5.14. The Morgan fingerprint density at radius 3 is 2.53 bits per heavy atom. The summed E-state index contributed by atoms with van der Waals surface area (Å²) in [4.78, 5) is 11.0. The van der Waals surface area contributed by atoms with E-state index in [-0.39, 0.29) is 0 Å². The average molecular weight is 272 g/mol. The quantitative estimate of drug-likeness (QED) is 0.365. The normalized spacial score (nSPS) is 37.6. The van der Waals surface area contributed by atoms with Crippen LogP contribution in [0.2, 0.25) is 0 Å². The van der Waals surface area contributed by atoms with Crippen molar-refractivity contribution < 1.29 is 34.7 Å². The molecule has 9 heteroatoms. The van der Waals surface area contributed by atoms with Gasteiger partial charge >= 0.3 is 6.09 Å². The number of carbonyl (C=O) groups excluding carboxylic acids is 1. The fourth-order valence-corrected chi connectivity index (χ4v) is 1.58. The maximum atomic E-state index is 11.0. The summed E-state index contributed by atoms with van der Waals surface area (Å²) in [6, 6.07) is -1.67. The first-order valence-electron chi connectivity index (χ1n) is 4.81. The Kier molecular flexibility index (Phi) is 5.37. The number of amides is 1. The monoisotopic (exact) mass is 271 g/mol. The fourth-order valence-electron chi connectivity index (χ4n) is 1.48. The van der Waals surface area contributed by atoms with E-state index in [0.29, 0.717) is 0 Å². The Morgan fingerprint density at radius 1 is 1.35 bits per heavy atom. The largest absolute Gasteiger partial charge is 0.433 e. The lowest BCUT2D eigenvalue weighted by atomic mass is 9.97. The number of carbonyl (C=O) groups is 1. The molecular formula is C8H14ClNO7. The first-order valence-corrected chi connectivity index (χ1v) is 5.34. The molecule has 0 saturated carbocycles. The van der Waals surface area contributed by atoms with Crippen LogP contribution >= 0.6 is 11.6 Å². The van der Waals surface area contributed by atoms with Crippen LogP contribution < -0.4 is 5.32 Å². The summed E-state index contributed by atoms with van der Waals surface area (Å²) in [6.45, 7) is -0.575. The molecule has 0 aromatic heterocycles. The molecule has 0 bridgehead atoms. The van der Waals surface area contributed by atoms with Crippen molar-refractivity contribution in [2.75, 3.05) is 12.7 Å². The van der Waals surface area contributed by atoms with Crippen molar-refractivity contribution in [2.45, 2.75) is 30.6 Å². The van der Waals surface area contributed by atoms with E-state index >= 15 is 0 Å². The van der Waals surface area contributed by atoms with Crippen molar-refractivity contribution in [3.63, 3.8) is 0 Å². The van der Waals surface area contributed by atoms with Gasteiger partial charge in [0.15, 0.2) is 12.4 Å². The molecule has 100 valence electrons. The average Bonchev–Trinajstić information content (AvgIpc) is 2.29. The van der Waals surface area contributed by atoms with E-state index in [1.165, 1.54) is 0 Å². The van der Waals surface area contributed by atoms with Crippen LogP contribution in [0.25, 0.3) is 0 Å². The molecule has 1 amide bonds. The molecule has 0 aromatic carbocycles. The van der Waals surface area contributed by atoms with Crippen LogP contribution in [-0.2, 0) is 9.47 Å². The number of aliphatic hydroxyl groups excluding tert-OH is 4. The molecule has 0 radical (unpaired) electrons. The highest BCUT2D eigenvalue weighted by atomic mass is 35.5. The van der Waals surface area contributed by atoms with Crippen molar-refractivity contribution in [1.82, 2.24) is 5.32 Å². The Balaban J connectivity index is 2.63. The standard InChI is InChI=1S/C8H14ClNO7/c9-2-16-8(15)10-4-6(13)5(12)3(1-11)17-7(4)14/h3-7,11-14H,1-2H2,(H,10,15)/t3-,4-,5-,6-,7?/m1/s1. The molecule has 5 atom stereocenters. The third-order valence-corrected chi connectivity index (χ3v) is 2.48. The zero-order valence-corrected chi connectivity index (χ0v) is 9.45. The third kappa shape index (κ3) is 3.41. The Hall–Kier alpha value is -0.640. The molecule has 1 heterocycles. The van der Waals surface area contributed by atoms with E-state index in [4.69, 9.17) is 21.4 Å². The molecule has 1 fully saturated rings. The number of ether oxygens (including phenoxy) is 2. The Bertz CT molecular complexity index is 266. The smallest absolute Gasteiger partial charge is 0.408 e. The second-order valence-corrected chi connectivity index (χ2v) is 3.66. The molecule has 0 spiro atoms. The zero-order valence-electron chi connectivity index (χ0n) is 8.69. The minimum Gasteiger partial charge on any atom is -0.433 e. The second-order valence-electron chi connectivity index (χ2n) is 3.44. The molecule has 1 aliphatic heterocycles. The predicted octanol–water partition coefficient (Wildman–Crippen LogP) is -2.29. The van der Waals surface area contributed by atoms with Crippen LogP contribution in [0.1, 0.15) is 0 Å². The maximum Gasteiger partial charge on any atom is 0.408 e. The molecule has 0 aliphatic carbocycles. The minimum absolute atomic E-state index is 0.395.